The number of hydrogen-bond donors (Lipinski definition) is 1. The van der Waals surface area contributed by atoms with Gasteiger partial charge in [-0.15, -0.1) is 0 Å². The summed E-state index contributed by atoms with van der Waals surface area (Å²) in [6.45, 7) is 0. The minimum atomic E-state index is 0.623. The van der Waals surface area contributed by atoms with Gasteiger partial charge in [0.15, 0.2) is 0 Å². The highest BCUT2D eigenvalue weighted by molar-refractivity contribution is 5.60. The van der Waals surface area contributed by atoms with E-state index in [9.17, 15) is 0 Å². The fraction of sp³-hybridized carbons (Fsp3) is 0.100. The highest BCUT2D eigenvalue weighted by Crippen LogP contribution is 2.15. The van der Waals surface area contributed by atoms with Gasteiger partial charge in [-0.2, -0.15) is 0 Å². The van der Waals surface area contributed by atoms with Crippen LogP contribution in [0.2, 0.25) is 0 Å². The Labute approximate surface area is 82.1 Å². The smallest absolute Gasteiger partial charge is 0.222 e. The number of hydrogen-bond acceptors (Lipinski definition) is 4. The zero-order chi connectivity index (χ0) is 9.80. The molecule has 2 rings (SSSR count). The minimum Gasteiger partial charge on any atom is -0.357 e. The van der Waals surface area contributed by atoms with E-state index in [0.29, 0.717) is 5.95 Å². The molecule has 2 heterocycles. The summed E-state index contributed by atoms with van der Waals surface area (Å²) in [4.78, 5) is 12.3. The van der Waals surface area contributed by atoms with E-state index in [1.54, 1.807) is 31.8 Å². The molecule has 0 aromatic carbocycles. The molecule has 2 aromatic rings. The Balaban J connectivity index is 2.34. The zero-order valence-electron chi connectivity index (χ0n) is 7.81. The fourth-order valence-electron chi connectivity index (χ4n) is 1.14. The van der Waals surface area contributed by atoms with E-state index >= 15 is 0 Å². The van der Waals surface area contributed by atoms with E-state index < -0.39 is 0 Å². The summed E-state index contributed by atoms with van der Waals surface area (Å²) < 4.78 is 0. The molecule has 1 N–H and O–H groups in total. The number of anilines is 1. The number of aromatic nitrogens is 3. The summed E-state index contributed by atoms with van der Waals surface area (Å²) in [5.74, 6) is 0.623. The molecule has 0 saturated heterocycles. The lowest BCUT2D eigenvalue weighted by atomic mass is 10.2. The molecule has 0 unspecified atom stereocenters. The van der Waals surface area contributed by atoms with E-state index in [0.717, 1.165) is 11.1 Å². The predicted molar refractivity (Wildman–Crippen MR) is 54.8 cm³/mol. The number of pyridine rings is 1. The second-order valence-corrected chi connectivity index (χ2v) is 2.79. The topological polar surface area (TPSA) is 50.7 Å². The summed E-state index contributed by atoms with van der Waals surface area (Å²) in [5, 5.41) is 2.87. The highest BCUT2D eigenvalue weighted by atomic mass is 15.1. The van der Waals surface area contributed by atoms with E-state index in [1.165, 1.54) is 0 Å². The van der Waals surface area contributed by atoms with Gasteiger partial charge in [0, 0.05) is 43.0 Å². The molecular weight excluding hydrogens is 176 g/mol. The highest BCUT2D eigenvalue weighted by Gasteiger charge is 1.98. The third-order valence-corrected chi connectivity index (χ3v) is 1.87. The molecule has 2 aromatic heterocycles. The van der Waals surface area contributed by atoms with Gasteiger partial charge in [-0.3, -0.25) is 4.98 Å². The molecular formula is C10H10N4. The second kappa shape index (κ2) is 3.83. The molecule has 0 amide bonds. The summed E-state index contributed by atoms with van der Waals surface area (Å²) in [6.07, 6.45) is 7.08. The van der Waals surface area contributed by atoms with Gasteiger partial charge in [-0.05, 0) is 6.07 Å². The third kappa shape index (κ3) is 1.69. The molecule has 0 spiro atoms. The van der Waals surface area contributed by atoms with Gasteiger partial charge in [0.25, 0.3) is 0 Å². The molecule has 70 valence electrons. The molecule has 0 aliphatic rings. The van der Waals surface area contributed by atoms with Gasteiger partial charge in [0.2, 0.25) is 5.95 Å². The van der Waals surface area contributed by atoms with Crippen LogP contribution in [0.15, 0.2) is 36.9 Å². The van der Waals surface area contributed by atoms with Crippen molar-refractivity contribution in [3.63, 3.8) is 0 Å². The van der Waals surface area contributed by atoms with Crippen molar-refractivity contribution in [3.8, 4) is 11.1 Å². The first kappa shape index (κ1) is 8.62. The van der Waals surface area contributed by atoms with E-state index in [-0.39, 0.29) is 0 Å². The lowest BCUT2D eigenvalue weighted by molar-refractivity contribution is 1.15. The van der Waals surface area contributed by atoms with Crippen LogP contribution in [-0.4, -0.2) is 22.0 Å². The van der Waals surface area contributed by atoms with Gasteiger partial charge < -0.3 is 5.32 Å². The van der Waals surface area contributed by atoms with Crippen molar-refractivity contribution in [1.29, 1.82) is 0 Å². The Morgan fingerprint density at radius 1 is 1.07 bits per heavy atom. The van der Waals surface area contributed by atoms with Crippen LogP contribution in [0.1, 0.15) is 0 Å². The maximum atomic E-state index is 4.12. The van der Waals surface area contributed by atoms with Gasteiger partial charge in [0.05, 0.1) is 0 Å². The van der Waals surface area contributed by atoms with Crippen LogP contribution in [0.5, 0.6) is 0 Å². The molecule has 4 nitrogen and oxygen atoms in total. The molecule has 0 aliphatic heterocycles. The molecule has 0 fully saturated rings. The Bertz CT molecular complexity index is 396. The summed E-state index contributed by atoms with van der Waals surface area (Å²) in [6, 6.07) is 3.87. The van der Waals surface area contributed by atoms with Gasteiger partial charge in [-0.25, -0.2) is 9.97 Å². The quantitative estimate of drug-likeness (QED) is 0.773. The molecule has 0 saturated carbocycles. The molecule has 14 heavy (non-hydrogen) atoms. The van der Waals surface area contributed by atoms with E-state index in [4.69, 9.17) is 0 Å². The third-order valence-electron chi connectivity index (χ3n) is 1.87. The van der Waals surface area contributed by atoms with Crippen LogP contribution in [0, 0.1) is 0 Å². The molecule has 0 atom stereocenters. The fourth-order valence-corrected chi connectivity index (χ4v) is 1.14. The van der Waals surface area contributed by atoms with Crippen molar-refractivity contribution in [3.05, 3.63) is 36.9 Å². The molecule has 4 heteroatoms. The minimum absolute atomic E-state index is 0.623. The predicted octanol–water partition coefficient (Wildman–Crippen LogP) is 1.58. The zero-order valence-corrected chi connectivity index (χ0v) is 7.81. The first-order valence-corrected chi connectivity index (χ1v) is 4.30. The first-order valence-electron chi connectivity index (χ1n) is 4.30. The monoisotopic (exact) mass is 186 g/mol. The normalized spacial score (nSPS) is 9.79. The number of nitrogens with one attached hydrogen (secondary N) is 1. The SMILES string of the molecule is CNc1ncc(-c2cccnc2)cn1. The van der Waals surface area contributed by atoms with Crippen molar-refractivity contribution < 1.29 is 0 Å². The summed E-state index contributed by atoms with van der Waals surface area (Å²) >= 11 is 0. The van der Waals surface area contributed by atoms with Crippen molar-refractivity contribution >= 4 is 5.95 Å². The van der Waals surface area contributed by atoms with E-state index in [1.807, 2.05) is 12.1 Å². The molecule has 0 radical (unpaired) electrons. The Morgan fingerprint density at radius 2 is 1.86 bits per heavy atom. The maximum Gasteiger partial charge on any atom is 0.222 e. The molecule has 0 aliphatic carbocycles. The van der Waals surface area contributed by atoms with Crippen molar-refractivity contribution in [2.24, 2.45) is 0 Å². The van der Waals surface area contributed by atoms with Crippen LogP contribution in [0.4, 0.5) is 5.95 Å². The summed E-state index contributed by atoms with van der Waals surface area (Å²) in [5.41, 5.74) is 1.99. The largest absolute Gasteiger partial charge is 0.357 e. The second-order valence-electron chi connectivity index (χ2n) is 2.79. The Hall–Kier alpha value is -1.97. The lowest BCUT2D eigenvalue weighted by Crippen LogP contribution is -1.95. The van der Waals surface area contributed by atoms with E-state index in [2.05, 4.69) is 20.3 Å². The van der Waals surface area contributed by atoms with Crippen molar-refractivity contribution in [1.82, 2.24) is 15.0 Å². The Morgan fingerprint density at radius 3 is 2.43 bits per heavy atom. The summed E-state index contributed by atoms with van der Waals surface area (Å²) in [7, 11) is 1.79. The van der Waals surface area contributed by atoms with Crippen molar-refractivity contribution in [2.75, 3.05) is 12.4 Å². The average molecular weight is 186 g/mol. The standard InChI is InChI=1S/C10H10N4/c1-11-10-13-6-9(7-14-10)8-3-2-4-12-5-8/h2-7H,1H3,(H,11,13,14). The Kier molecular flexibility index (Phi) is 2.36. The maximum absolute atomic E-state index is 4.12. The first-order chi connectivity index (χ1) is 6.90. The van der Waals surface area contributed by atoms with Crippen molar-refractivity contribution in [2.45, 2.75) is 0 Å². The van der Waals surface area contributed by atoms with Crippen LogP contribution >= 0.6 is 0 Å². The van der Waals surface area contributed by atoms with Crippen LogP contribution in [-0.2, 0) is 0 Å². The number of rotatable bonds is 2. The molecule has 0 bridgehead atoms. The van der Waals surface area contributed by atoms with Gasteiger partial charge in [-0.1, -0.05) is 6.07 Å². The van der Waals surface area contributed by atoms with Crippen LogP contribution in [0.3, 0.4) is 0 Å². The number of nitrogens with zero attached hydrogens (tertiary/aromatic N) is 3. The van der Waals surface area contributed by atoms with Crippen LogP contribution in [0.25, 0.3) is 11.1 Å². The lowest BCUT2D eigenvalue weighted by Gasteiger charge is -2.00. The van der Waals surface area contributed by atoms with Crippen LogP contribution < -0.4 is 5.32 Å². The average Bonchev–Trinajstić information content (AvgIpc) is 2.30. The van der Waals surface area contributed by atoms with Gasteiger partial charge >= 0.3 is 0 Å². The van der Waals surface area contributed by atoms with Gasteiger partial charge in [0.1, 0.15) is 0 Å².